The molecule has 0 aliphatic heterocycles. The van der Waals surface area contributed by atoms with Crippen LogP contribution < -0.4 is 9.46 Å². The molecule has 0 saturated heterocycles. The van der Waals surface area contributed by atoms with Crippen LogP contribution in [0.1, 0.15) is 18.8 Å². The van der Waals surface area contributed by atoms with Crippen molar-refractivity contribution in [2.24, 2.45) is 0 Å². The number of ether oxygens (including phenoxy) is 1. The molecule has 2 N–H and O–H groups in total. The summed E-state index contributed by atoms with van der Waals surface area (Å²) in [5.74, 6) is 0.0415. The van der Waals surface area contributed by atoms with Crippen LogP contribution in [-0.2, 0) is 16.6 Å². The number of sulfonamides is 1. The van der Waals surface area contributed by atoms with Crippen molar-refractivity contribution < 1.29 is 22.7 Å². The monoisotopic (exact) mass is 474 g/mol. The predicted molar refractivity (Wildman–Crippen MR) is 109 cm³/mol. The molecular weight excluding hydrogens is 458 g/mol. The fourth-order valence-corrected chi connectivity index (χ4v) is 4.18. The van der Waals surface area contributed by atoms with E-state index in [0.29, 0.717) is 12.3 Å². The Kier molecular flexibility index (Phi) is 6.94. The minimum atomic E-state index is -4.06. The van der Waals surface area contributed by atoms with E-state index in [2.05, 4.69) is 14.9 Å². The molecule has 0 spiro atoms. The molecule has 1 aromatic heterocycles. The maximum absolute atomic E-state index is 13.1. The van der Waals surface area contributed by atoms with Gasteiger partial charge in [-0.25, -0.2) is 12.8 Å². The van der Waals surface area contributed by atoms with Crippen LogP contribution in [0, 0.1) is 5.82 Å². The highest BCUT2D eigenvalue weighted by atomic mass is 35.5. The van der Waals surface area contributed by atoms with Crippen molar-refractivity contribution in [1.29, 1.82) is 0 Å². The summed E-state index contributed by atoms with van der Waals surface area (Å²) in [5.41, 5.74) is 0. The molecule has 0 saturated carbocycles. The second-order valence-corrected chi connectivity index (χ2v) is 8.60. The van der Waals surface area contributed by atoms with Crippen molar-refractivity contribution in [1.82, 2.24) is 19.5 Å². The Morgan fingerprint density at radius 3 is 2.47 bits per heavy atom. The van der Waals surface area contributed by atoms with E-state index in [1.165, 1.54) is 47.0 Å². The number of rotatable bonds is 8. The first-order valence-electron chi connectivity index (χ1n) is 8.70. The molecule has 160 valence electrons. The first kappa shape index (κ1) is 22.4. The third-order valence-electron chi connectivity index (χ3n) is 4.08. The molecule has 0 aliphatic rings. The van der Waals surface area contributed by atoms with E-state index in [1.807, 2.05) is 0 Å². The smallest absolute Gasteiger partial charge is 0.322 e. The van der Waals surface area contributed by atoms with Crippen molar-refractivity contribution in [2.45, 2.75) is 24.4 Å². The highest BCUT2D eigenvalue weighted by Gasteiger charge is 2.27. The summed E-state index contributed by atoms with van der Waals surface area (Å²) in [6.07, 6.45) is 0. The van der Waals surface area contributed by atoms with E-state index in [0.717, 1.165) is 0 Å². The van der Waals surface area contributed by atoms with Crippen LogP contribution in [0.3, 0.4) is 0 Å². The highest BCUT2D eigenvalue weighted by molar-refractivity contribution is 7.89. The lowest BCUT2D eigenvalue weighted by atomic mass is 10.3. The Labute approximate surface area is 182 Å². The molecule has 3 rings (SSSR count). The normalized spacial score (nSPS) is 12.7. The van der Waals surface area contributed by atoms with Crippen LogP contribution in [0.2, 0.25) is 10.0 Å². The Bertz CT molecular complexity index is 1140. The van der Waals surface area contributed by atoms with Crippen LogP contribution in [0.5, 0.6) is 11.8 Å². The van der Waals surface area contributed by atoms with Gasteiger partial charge in [0, 0.05) is 6.54 Å². The molecule has 1 heterocycles. The number of nitrogens with one attached hydrogen (secondary N) is 1. The number of aliphatic hydroxyl groups is 1. The van der Waals surface area contributed by atoms with Crippen molar-refractivity contribution in [3.63, 3.8) is 0 Å². The molecule has 0 radical (unpaired) electrons. The fraction of sp³-hybridized carbons (Fsp3) is 0.222. The lowest BCUT2D eigenvalue weighted by molar-refractivity contribution is 0.250. The number of benzene rings is 2. The lowest BCUT2D eigenvalue weighted by Crippen LogP contribution is -2.33. The van der Waals surface area contributed by atoms with Gasteiger partial charge in [-0.15, -0.1) is 5.10 Å². The number of hydrogen-bond acceptors (Lipinski definition) is 6. The quantitative estimate of drug-likeness (QED) is 0.516. The molecule has 30 heavy (non-hydrogen) atoms. The number of halogens is 3. The maximum atomic E-state index is 13.1. The third-order valence-corrected chi connectivity index (χ3v) is 6.29. The summed E-state index contributed by atoms with van der Waals surface area (Å²) in [7, 11) is -4.06. The second-order valence-electron chi connectivity index (χ2n) is 6.07. The first-order chi connectivity index (χ1) is 14.2. The van der Waals surface area contributed by atoms with Gasteiger partial charge in [0.1, 0.15) is 17.6 Å². The average Bonchev–Trinajstić information content (AvgIpc) is 3.12. The Balaban J connectivity index is 1.88. The zero-order valence-electron chi connectivity index (χ0n) is 15.6. The molecule has 0 fully saturated rings. The third kappa shape index (κ3) is 4.90. The number of aliphatic hydroxyl groups excluding tert-OH is 1. The number of aromatic nitrogens is 3. The minimum Gasteiger partial charge on any atom is -0.424 e. The van der Waals surface area contributed by atoms with E-state index in [4.69, 9.17) is 27.9 Å². The van der Waals surface area contributed by atoms with Gasteiger partial charge in [-0.05, 0) is 49.4 Å². The molecular formula is C18H17Cl2FN4O4S. The zero-order valence-corrected chi connectivity index (χ0v) is 17.9. The molecule has 8 nitrogen and oxygen atoms in total. The molecule has 2 aromatic carbocycles. The molecule has 3 aromatic rings. The van der Waals surface area contributed by atoms with Gasteiger partial charge in [-0.1, -0.05) is 28.3 Å². The Hall–Kier alpha value is -2.24. The van der Waals surface area contributed by atoms with Crippen LogP contribution in [0.25, 0.3) is 0 Å². The molecule has 12 heteroatoms. The Morgan fingerprint density at radius 2 is 1.87 bits per heavy atom. The Morgan fingerprint density at radius 1 is 1.17 bits per heavy atom. The standard InChI is InChI=1S/C18H17Cl2FN4O4S/c1-2-25-17(22-23-18(25)29-12-5-3-11(21)4-6-12)16(10-26)24-30(27,28)13-7-8-14(19)15(20)9-13/h3-9,16,24,26H,2,10H2,1H3. The van der Waals surface area contributed by atoms with Crippen molar-refractivity contribution in [3.05, 3.63) is 64.2 Å². The van der Waals surface area contributed by atoms with Gasteiger partial charge >= 0.3 is 6.01 Å². The number of hydrogen-bond donors (Lipinski definition) is 2. The summed E-state index contributed by atoms with van der Waals surface area (Å²) in [5, 5.41) is 18.0. The molecule has 1 unspecified atom stereocenters. The van der Waals surface area contributed by atoms with Crippen molar-refractivity contribution in [2.75, 3.05) is 6.61 Å². The first-order valence-corrected chi connectivity index (χ1v) is 10.9. The predicted octanol–water partition coefficient (Wildman–Crippen LogP) is 3.55. The van der Waals surface area contributed by atoms with E-state index in [9.17, 15) is 17.9 Å². The van der Waals surface area contributed by atoms with Gasteiger partial charge in [0.05, 0.1) is 21.5 Å². The van der Waals surface area contributed by atoms with E-state index >= 15 is 0 Å². The van der Waals surface area contributed by atoms with E-state index in [1.54, 1.807) is 6.92 Å². The topological polar surface area (TPSA) is 106 Å². The largest absolute Gasteiger partial charge is 0.424 e. The highest BCUT2D eigenvalue weighted by Crippen LogP contribution is 2.27. The minimum absolute atomic E-state index is 0.0614. The van der Waals surface area contributed by atoms with Gasteiger partial charge in [-0.3, -0.25) is 4.57 Å². The summed E-state index contributed by atoms with van der Waals surface area (Å²) in [6.45, 7) is 1.51. The zero-order chi connectivity index (χ0) is 21.9. The molecule has 1 atom stereocenters. The van der Waals surface area contributed by atoms with Crippen molar-refractivity contribution in [3.8, 4) is 11.8 Å². The van der Waals surface area contributed by atoms with E-state index < -0.39 is 28.5 Å². The summed E-state index contributed by atoms with van der Waals surface area (Å²) in [6, 6.07) is 8.09. The van der Waals surface area contributed by atoms with Crippen molar-refractivity contribution >= 4 is 33.2 Å². The molecule has 0 amide bonds. The average molecular weight is 475 g/mol. The van der Waals surface area contributed by atoms with E-state index in [-0.39, 0.29) is 26.8 Å². The maximum Gasteiger partial charge on any atom is 0.322 e. The summed E-state index contributed by atoms with van der Waals surface area (Å²) in [4.78, 5) is -0.124. The van der Waals surface area contributed by atoms with Gasteiger partial charge in [0.2, 0.25) is 10.0 Å². The van der Waals surface area contributed by atoms with Crippen LogP contribution >= 0.6 is 23.2 Å². The van der Waals surface area contributed by atoms with Crippen LogP contribution in [-0.4, -0.2) is 34.9 Å². The summed E-state index contributed by atoms with van der Waals surface area (Å²) < 4.78 is 48.0. The lowest BCUT2D eigenvalue weighted by Gasteiger charge is -2.17. The molecule has 0 aliphatic carbocycles. The van der Waals surface area contributed by atoms with Crippen LogP contribution in [0.4, 0.5) is 4.39 Å². The SMILES string of the molecule is CCn1c(Oc2ccc(F)cc2)nnc1C(CO)NS(=O)(=O)c1ccc(Cl)c(Cl)c1. The van der Waals surface area contributed by atoms with Gasteiger partial charge < -0.3 is 9.84 Å². The number of nitrogens with zero attached hydrogens (tertiary/aromatic N) is 3. The second kappa shape index (κ2) is 9.27. The van der Waals surface area contributed by atoms with Gasteiger partial charge in [-0.2, -0.15) is 4.72 Å². The van der Waals surface area contributed by atoms with Crippen LogP contribution in [0.15, 0.2) is 47.4 Å². The molecule has 0 bridgehead atoms. The summed E-state index contributed by atoms with van der Waals surface area (Å²) >= 11 is 11.7. The fourth-order valence-electron chi connectivity index (χ4n) is 2.61. The van der Waals surface area contributed by atoms with Gasteiger partial charge in [0.15, 0.2) is 5.82 Å². The van der Waals surface area contributed by atoms with Gasteiger partial charge in [0.25, 0.3) is 0 Å².